The molecule has 0 amide bonds. The molecular formula is C12H9BrF2N2. The van der Waals surface area contributed by atoms with Crippen molar-refractivity contribution in [2.24, 2.45) is 0 Å². The van der Waals surface area contributed by atoms with E-state index in [1.54, 1.807) is 12.1 Å². The van der Waals surface area contributed by atoms with Crippen LogP contribution in [0.2, 0.25) is 0 Å². The highest BCUT2D eigenvalue weighted by molar-refractivity contribution is 9.10. The molecule has 0 fully saturated rings. The highest BCUT2D eigenvalue weighted by Crippen LogP contribution is 2.27. The molecule has 0 aromatic heterocycles. The zero-order chi connectivity index (χ0) is 12.4. The summed E-state index contributed by atoms with van der Waals surface area (Å²) >= 11 is 3.30. The van der Waals surface area contributed by atoms with Gasteiger partial charge in [-0.1, -0.05) is 15.9 Å². The van der Waals surface area contributed by atoms with E-state index in [1.165, 1.54) is 0 Å². The van der Waals surface area contributed by atoms with Crippen molar-refractivity contribution in [3.05, 3.63) is 52.5 Å². The van der Waals surface area contributed by atoms with Gasteiger partial charge in [0.15, 0.2) is 5.82 Å². The molecule has 0 bridgehead atoms. The van der Waals surface area contributed by atoms with Crippen molar-refractivity contribution in [3.8, 4) is 0 Å². The van der Waals surface area contributed by atoms with Crippen LogP contribution in [0.25, 0.3) is 0 Å². The smallest absolute Gasteiger partial charge is 0.151 e. The molecular weight excluding hydrogens is 290 g/mol. The zero-order valence-electron chi connectivity index (χ0n) is 8.68. The van der Waals surface area contributed by atoms with Crippen molar-refractivity contribution in [2.75, 3.05) is 11.1 Å². The molecule has 2 aromatic rings. The van der Waals surface area contributed by atoms with Gasteiger partial charge in [-0.2, -0.15) is 0 Å². The number of benzene rings is 2. The molecule has 2 nitrogen and oxygen atoms in total. The molecule has 0 radical (unpaired) electrons. The maximum absolute atomic E-state index is 13.2. The van der Waals surface area contributed by atoms with E-state index in [9.17, 15) is 8.78 Å². The molecule has 2 rings (SSSR count). The van der Waals surface area contributed by atoms with Crippen molar-refractivity contribution in [1.29, 1.82) is 0 Å². The fraction of sp³-hybridized carbons (Fsp3) is 0. The summed E-state index contributed by atoms with van der Waals surface area (Å²) in [6, 6.07) is 9.07. The molecule has 17 heavy (non-hydrogen) atoms. The first kappa shape index (κ1) is 11.9. The number of nitrogens with two attached hydrogens (primary N) is 1. The van der Waals surface area contributed by atoms with Crippen LogP contribution in [0.3, 0.4) is 0 Å². The minimum absolute atomic E-state index is 0.102. The molecule has 5 heteroatoms. The van der Waals surface area contributed by atoms with Crippen LogP contribution < -0.4 is 11.1 Å². The average Bonchev–Trinajstić information content (AvgIpc) is 2.28. The summed E-state index contributed by atoms with van der Waals surface area (Å²) in [7, 11) is 0. The van der Waals surface area contributed by atoms with Gasteiger partial charge in [-0.15, -0.1) is 0 Å². The van der Waals surface area contributed by atoms with E-state index in [0.29, 0.717) is 5.69 Å². The Balaban J connectivity index is 2.32. The van der Waals surface area contributed by atoms with Crippen LogP contribution in [-0.4, -0.2) is 0 Å². The Morgan fingerprint density at radius 1 is 1.06 bits per heavy atom. The van der Waals surface area contributed by atoms with Crippen LogP contribution in [0.1, 0.15) is 0 Å². The number of anilines is 3. The zero-order valence-corrected chi connectivity index (χ0v) is 10.3. The van der Waals surface area contributed by atoms with Crippen LogP contribution in [0.15, 0.2) is 40.9 Å². The van der Waals surface area contributed by atoms with Gasteiger partial charge in [-0.25, -0.2) is 8.78 Å². The Bertz CT molecular complexity index is 541. The van der Waals surface area contributed by atoms with E-state index in [4.69, 9.17) is 5.73 Å². The van der Waals surface area contributed by atoms with Gasteiger partial charge in [-0.05, 0) is 30.3 Å². The van der Waals surface area contributed by atoms with E-state index >= 15 is 0 Å². The predicted octanol–water partition coefficient (Wildman–Crippen LogP) is 4.05. The SMILES string of the molecule is Nc1c(F)cc(F)cc1Nc1ccc(Br)cc1. The molecule has 0 aliphatic heterocycles. The number of hydrogen-bond acceptors (Lipinski definition) is 2. The lowest BCUT2D eigenvalue weighted by molar-refractivity contribution is 0.587. The van der Waals surface area contributed by atoms with Crippen molar-refractivity contribution in [1.82, 2.24) is 0 Å². The Labute approximate surface area is 106 Å². The topological polar surface area (TPSA) is 38.0 Å². The van der Waals surface area contributed by atoms with E-state index in [1.807, 2.05) is 12.1 Å². The Morgan fingerprint density at radius 3 is 2.35 bits per heavy atom. The average molecular weight is 299 g/mol. The number of halogens is 3. The summed E-state index contributed by atoms with van der Waals surface area (Å²) in [5.41, 5.74) is 6.33. The molecule has 0 unspecified atom stereocenters. The third kappa shape index (κ3) is 2.74. The standard InChI is InChI=1S/C12H9BrF2N2/c13-7-1-3-9(4-2-7)17-11-6-8(14)5-10(15)12(11)16/h1-6,17H,16H2. The molecule has 0 saturated carbocycles. The van der Waals surface area contributed by atoms with Gasteiger partial charge in [0, 0.05) is 16.2 Å². The maximum Gasteiger partial charge on any atom is 0.151 e. The number of hydrogen-bond donors (Lipinski definition) is 2. The second kappa shape index (κ2) is 4.71. The van der Waals surface area contributed by atoms with Crippen molar-refractivity contribution in [3.63, 3.8) is 0 Å². The van der Waals surface area contributed by atoms with E-state index in [0.717, 1.165) is 16.6 Å². The van der Waals surface area contributed by atoms with Gasteiger partial charge in [0.05, 0.1) is 11.4 Å². The quantitative estimate of drug-likeness (QED) is 0.821. The second-order valence-electron chi connectivity index (χ2n) is 3.48. The van der Waals surface area contributed by atoms with E-state index in [2.05, 4.69) is 21.2 Å². The normalized spacial score (nSPS) is 10.3. The lowest BCUT2D eigenvalue weighted by Gasteiger charge is -2.10. The van der Waals surface area contributed by atoms with Crippen LogP contribution in [-0.2, 0) is 0 Å². The van der Waals surface area contributed by atoms with Crippen LogP contribution in [0.4, 0.5) is 25.8 Å². The first-order chi connectivity index (χ1) is 8.06. The van der Waals surface area contributed by atoms with Gasteiger partial charge in [-0.3, -0.25) is 0 Å². The lowest BCUT2D eigenvalue weighted by atomic mass is 10.2. The van der Waals surface area contributed by atoms with Crippen molar-refractivity contribution < 1.29 is 8.78 Å². The van der Waals surface area contributed by atoms with Crippen LogP contribution in [0.5, 0.6) is 0 Å². The molecule has 0 aliphatic carbocycles. The van der Waals surface area contributed by atoms with Gasteiger partial charge in [0.2, 0.25) is 0 Å². The molecule has 0 atom stereocenters. The van der Waals surface area contributed by atoms with Crippen LogP contribution in [0, 0.1) is 11.6 Å². The molecule has 0 aliphatic rings. The van der Waals surface area contributed by atoms with Gasteiger partial charge >= 0.3 is 0 Å². The van der Waals surface area contributed by atoms with Crippen LogP contribution >= 0.6 is 15.9 Å². The largest absolute Gasteiger partial charge is 0.395 e. The first-order valence-electron chi connectivity index (χ1n) is 4.83. The molecule has 0 spiro atoms. The van der Waals surface area contributed by atoms with Crippen molar-refractivity contribution >= 4 is 33.0 Å². The molecule has 88 valence electrons. The Morgan fingerprint density at radius 2 is 1.71 bits per heavy atom. The summed E-state index contributed by atoms with van der Waals surface area (Å²) in [5, 5.41) is 2.86. The molecule has 0 heterocycles. The predicted molar refractivity (Wildman–Crippen MR) is 68.2 cm³/mol. The van der Waals surface area contributed by atoms with E-state index in [-0.39, 0.29) is 11.4 Å². The third-order valence-corrected chi connectivity index (χ3v) is 2.75. The molecule has 0 saturated heterocycles. The highest BCUT2D eigenvalue weighted by atomic mass is 79.9. The minimum Gasteiger partial charge on any atom is -0.395 e. The van der Waals surface area contributed by atoms with Crippen molar-refractivity contribution in [2.45, 2.75) is 0 Å². The second-order valence-corrected chi connectivity index (χ2v) is 4.40. The summed E-state index contributed by atoms with van der Waals surface area (Å²) < 4.78 is 27.1. The first-order valence-corrected chi connectivity index (χ1v) is 5.62. The number of nitrogen functional groups attached to an aromatic ring is 1. The molecule has 3 N–H and O–H groups in total. The summed E-state index contributed by atoms with van der Waals surface area (Å²) in [6.07, 6.45) is 0. The summed E-state index contributed by atoms with van der Waals surface area (Å²) in [4.78, 5) is 0. The highest BCUT2D eigenvalue weighted by Gasteiger charge is 2.08. The van der Waals surface area contributed by atoms with Gasteiger partial charge < -0.3 is 11.1 Å². The molecule has 2 aromatic carbocycles. The monoisotopic (exact) mass is 298 g/mol. The van der Waals surface area contributed by atoms with E-state index < -0.39 is 11.6 Å². The number of nitrogens with one attached hydrogen (secondary N) is 1. The Kier molecular flexibility index (Phi) is 3.28. The minimum atomic E-state index is -0.774. The summed E-state index contributed by atoms with van der Waals surface area (Å²) in [6.45, 7) is 0. The third-order valence-electron chi connectivity index (χ3n) is 2.22. The fourth-order valence-corrected chi connectivity index (χ4v) is 1.64. The number of rotatable bonds is 2. The lowest BCUT2D eigenvalue weighted by Crippen LogP contribution is -2.00. The maximum atomic E-state index is 13.2. The van der Waals surface area contributed by atoms with Gasteiger partial charge in [0.25, 0.3) is 0 Å². The summed E-state index contributed by atoms with van der Waals surface area (Å²) in [5.74, 6) is -1.44. The fourth-order valence-electron chi connectivity index (χ4n) is 1.38. The Hall–Kier alpha value is -1.62. The van der Waals surface area contributed by atoms with Gasteiger partial charge in [0.1, 0.15) is 5.82 Å².